The van der Waals surface area contributed by atoms with Crippen molar-refractivity contribution in [1.29, 1.82) is 0 Å². The molecular formula is C12H14F3NO2. The molecule has 0 aliphatic heterocycles. The van der Waals surface area contributed by atoms with Gasteiger partial charge in [-0.2, -0.15) is 13.2 Å². The van der Waals surface area contributed by atoms with Crippen LogP contribution in [0, 0.1) is 0 Å². The summed E-state index contributed by atoms with van der Waals surface area (Å²) in [7, 11) is 0. The van der Waals surface area contributed by atoms with Gasteiger partial charge in [0, 0.05) is 6.54 Å². The third-order valence-corrected chi connectivity index (χ3v) is 2.37. The van der Waals surface area contributed by atoms with Crippen molar-refractivity contribution in [1.82, 2.24) is 5.32 Å². The van der Waals surface area contributed by atoms with Crippen LogP contribution < -0.4 is 5.32 Å². The summed E-state index contributed by atoms with van der Waals surface area (Å²) in [5.41, 5.74) is 0.169. The largest absolute Gasteiger partial charge is 0.471 e. The van der Waals surface area contributed by atoms with Gasteiger partial charge in [-0.25, -0.2) is 0 Å². The maximum Gasteiger partial charge on any atom is 0.471 e. The lowest BCUT2D eigenvalue weighted by atomic mass is 9.97. The zero-order chi connectivity index (χ0) is 14.0. The van der Waals surface area contributed by atoms with Gasteiger partial charge in [0.05, 0.1) is 5.60 Å². The molecule has 100 valence electrons. The number of halogens is 3. The molecule has 1 aromatic carbocycles. The molecule has 0 fully saturated rings. The number of nitrogens with one attached hydrogen (secondary N) is 1. The van der Waals surface area contributed by atoms with Crippen molar-refractivity contribution in [2.45, 2.75) is 32.2 Å². The fraction of sp³-hybridized carbons (Fsp3) is 0.417. The summed E-state index contributed by atoms with van der Waals surface area (Å²) in [4.78, 5) is 10.6. The smallest absolute Gasteiger partial charge is 0.386 e. The predicted molar refractivity (Wildman–Crippen MR) is 59.6 cm³/mol. The van der Waals surface area contributed by atoms with Gasteiger partial charge in [-0.1, -0.05) is 24.3 Å². The number of rotatable bonds is 3. The van der Waals surface area contributed by atoms with E-state index in [4.69, 9.17) is 0 Å². The van der Waals surface area contributed by atoms with E-state index in [2.05, 4.69) is 0 Å². The Morgan fingerprint density at radius 2 is 1.72 bits per heavy atom. The molecule has 0 saturated carbocycles. The van der Waals surface area contributed by atoms with Crippen LogP contribution in [0.4, 0.5) is 13.2 Å². The maximum atomic E-state index is 11.9. The number of hydrogen-bond donors (Lipinski definition) is 2. The highest BCUT2D eigenvalue weighted by Gasteiger charge is 2.38. The minimum atomic E-state index is -4.87. The van der Waals surface area contributed by atoms with Gasteiger partial charge in [-0.3, -0.25) is 4.79 Å². The highest BCUT2D eigenvalue weighted by atomic mass is 19.4. The standard InChI is InChI=1S/C12H14F3NO2/c1-11(2,18)9-5-3-8(4-6-9)7-16-10(17)12(13,14)15/h3-6,18H,7H2,1-2H3,(H,16,17). The first-order chi connectivity index (χ1) is 8.10. The van der Waals surface area contributed by atoms with Crippen LogP contribution in [0.2, 0.25) is 0 Å². The van der Waals surface area contributed by atoms with Gasteiger partial charge in [-0.05, 0) is 25.0 Å². The Hall–Kier alpha value is -1.56. The Labute approximate surface area is 103 Å². The lowest BCUT2D eigenvalue weighted by molar-refractivity contribution is -0.173. The molecule has 3 nitrogen and oxygen atoms in total. The Morgan fingerprint density at radius 1 is 1.22 bits per heavy atom. The van der Waals surface area contributed by atoms with E-state index in [1.54, 1.807) is 43.4 Å². The number of hydrogen-bond acceptors (Lipinski definition) is 2. The van der Waals surface area contributed by atoms with Crippen molar-refractivity contribution < 1.29 is 23.1 Å². The van der Waals surface area contributed by atoms with Crippen molar-refractivity contribution >= 4 is 5.91 Å². The Morgan fingerprint density at radius 3 is 2.11 bits per heavy atom. The highest BCUT2D eigenvalue weighted by molar-refractivity contribution is 5.81. The summed E-state index contributed by atoms with van der Waals surface area (Å²) in [6.45, 7) is 3.01. The van der Waals surface area contributed by atoms with Crippen molar-refractivity contribution in [2.24, 2.45) is 0 Å². The first kappa shape index (κ1) is 14.5. The first-order valence-electron chi connectivity index (χ1n) is 5.27. The van der Waals surface area contributed by atoms with Crippen molar-refractivity contribution in [3.05, 3.63) is 35.4 Å². The minimum absolute atomic E-state index is 0.204. The van der Waals surface area contributed by atoms with Crippen LogP contribution in [-0.4, -0.2) is 17.2 Å². The van der Waals surface area contributed by atoms with Gasteiger partial charge < -0.3 is 10.4 Å². The number of amides is 1. The van der Waals surface area contributed by atoms with Crippen molar-refractivity contribution in [2.75, 3.05) is 0 Å². The van der Waals surface area contributed by atoms with E-state index in [9.17, 15) is 23.1 Å². The van der Waals surface area contributed by atoms with E-state index >= 15 is 0 Å². The van der Waals surface area contributed by atoms with Gasteiger partial charge in [0.1, 0.15) is 0 Å². The van der Waals surface area contributed by atoms with Gasteiger partial charge in [0.15, 0.2) is 0 Å². The number of carbonyl (C=O) groups excluding carboxylic acids is 1. The van der Waals surface area contributed by atoms with Crippen LogP contribution in [0.3, 0.4) is 0 Å². The minimum Gasteiger partial charge on any atom is -0.386 e. The molecule has 0 unspecified atom stereocenters. The molecule has 1 aromatic rings. The number of aliphatic hydroxyl groups is 1. The van der Waals surface area contributed by atoms with E-state index in [1.165, 1.54) is 0 Å². The molecule has 1 rings (SSSR count). The molecule has 2 N–H and O–H groups in total. The SMILES string of the molecule is CC(C)(O)c1ccc(CNC(=O)C(F)(F)F)cc1. The zero-order valence-corrected chi connectivity index (χ0v) is 10.0. The molecule has 18 heavy (non-hydrogen) atoms. The normalized spacial score (nSPS) is 12.3. The van der Waals surface area contributed by atoms with Crippen molar-refractivity contribution in [3.63, 3.8) is 0 Å². The van der Waals surface area contributed by atoms with Crippen LogP contribution in [0.5, 0.6) is 0 Å². The average Bonchev–Trinajstić information content (AvgIpc) is 2.24. The van der Waals surface area contributed by atoms with E-state index in [-0.39, 0.29) is 6.54 Å². The molecule has 0 radical (unpaired) electrons. The summed E-state index contributed by atoms with van der Waals surface area (Å²) in [6.07, 6.45) is -4.87. The van der Waals surface area contributed by atoms with Crippen LogP contribution in [0.15, 0.2) is 24.3 Å². The number of alkyl halides is 3. The second-order valence-corrected chi connectivity index (χ2v) is 4.44. The maximum absolute atomic E-state index is 11.9. The monoisotopic (exact) mass is 261 g/mol. The zero-order valence-electron chi connectivity index (χ0n) is 10.0. The fourth-order valence-electron chi connectivity index (χ4n) is 1.31. The van der Waals surface area contributed by atoms with E-state index in [0.29, 0.717) is 11.1 Å². The van der Waals surface area contributed by atoms with E-state index < -0.39 is 17.7 Å². The van der Waals surface area contributed by atoms with E-state index in [0.717, 1.165) is 0 Å². The van der Waals surface area contributed by atoms with Gasteiger partial charge in [0.2, 0.25) is 0 Å². The molecule has 0 spiro atoms. The second-order valence-electron chi connectivity index (χ2n) is 4.44. The summed E-state index contributed by atoms with van der Waals surface area (Å²) in [6, 6.07) is 6.33. The molecule has 6 heteroatoms. The predicted octanol–water partition coefficient (Wildman–Crippen LogP) is 2.09. The average molecular weight is 261 g/mol. The van der Waals surface area contributed by atoms with Crippen molar-refractivity contribution in [3.8, 4) is 0 Å². The summed E-state index contributed by atoms with van der Waals surface area (Å²) in [5, 5.41) is 11.5. The van der Waals surface area contributed by atoms with Crippen LogP contribution in [0.25, 0.3) is 0 Å². The Balaban J connectivity index is 2.63. The Bertz CT molecular complexity index is 418. The number of carbonyl (C=O) groups is 1. The van der Waals surface area contributed by atoms with Crippen LogP contribution in [-0.2, 0) is 16.9 Å². The highest BCUT2D eigenvalue weighted by Crippen LogP contribution is 2.20. The molecule has 0 saturated heterocycles. The molecule has 1 amide bonds. The Kier molecular flexibility index (Phi) is 4.01. The molecule has 0 heterocycles. The summed E-state index contributed by atoms with van der Waals surface area (Å²) in [5.74, 6) is -1.96. The quantitative estimate of drug-likeness (QED) is 0.875. The molecule has 0 bridgehead atoms. The first-order valence-corrected chi connectivity index (χ1v) is 5.27. The van der Waals surface area contributed by atoms with E-state index in [1.807, 2.05) is 0 Å². The molecule has 0 aliphatic carbocycles. The third-order valence-electron chi connectivity index (χ3n) is 2.37. The third kappa shape index (κ3) is 4.03. The van der Waals surface area contributed by atoms with Gasteiger partial charge in [-0.15, -0.1) is 0 Å². The molecule has 0 aromatic heterocycles. The van der Waals surface area contributed by atoms with Gasteiger partial charge in [0.25, 0.3) is 0 Å². The molecule has 0 aliphatic rings. The van der Waals surface area contributed by atoms with Gasteiger partial charge >= 0.3 is 12.1 Å². The topological polar surface area (TPSA) is 49.3 Å². The lowest BCUT2D eigenvalue weighted by Crippen LogP contribution is -2.36. The second kappa shape index (κ2) is 4.97. The summed E-state index contributed by atoms with van der Waals surface area (Å²) >= 11 is 0. The molecular weight excluding hydrogens is 247 g/mol. The number of benzene rings is 1. The fourth-order valence-corrected chi connectivity index (χ4v) is 1.31. The lowest BCUT2D eigenvalue weighted by Gasteiger charge is -2.18. The molecule has 0 atom stereocenters. The van der Waals surface area contributed by atoms with Crippen LogP contribution >= 0.6 is 0 Å². The van der Waals surface area contributed by atoms with Crippen LogP contribution in [0.1, 0.15) is 25.0 Å². The summed E-state index contributed by atoms with van der Waals surface area (Å²) < 4.78 is 35.8.